The first-order chi connectivity index (χ1) is 12.8. The molecule has 9 heteroatoms. The van der Waals surface area contributed by atoms with Gasteiger partial charge in [-0.05, 0) is 48.9 Å². The second-order valence-corrected chi connectivity index (χ2v) is 7.59. The van der Waals surface area contributed by atoms with Crippen LogP contribution in [-0.2, 0) is 22.4 Å². The quantitative estimate of drug-likeness (QED) is 0.475. The number of hydrogen-bond donors (Lipinski definition) is 1. The number of carbonyl (C=O) groups excluding carboxylic acids is 2. The fraction of sp³-hybridized carbons (Fsp3) is 0.333. The number of halogens is 1. The Labute approximate surface area is 158 Å². The van der Waals surface area contributed by atoms with E-state index < -0.39 is 34.9 Å². The van der Waals surface area contributed by atoms with E-state index in [9.17, 15) is 24.1 Å². The lowest BCUT2D eigenvalue weighted by molar-refractivity contribution is -0.384. The highest BCUT2D eigenvalue weighted by Gasteiger charge is 2.22. The zero-order valence-electron chi connectivity index (χ0n) is 14.5. The number of ether oxygens (including phenoxy) is 1. The molecule has 3 rings (SSSR count). The van der Waals surface area contributed by atoms with Gasteiger partial charge in [-0.2, -0.15) is 0 Å². The van der Waals surface area contributed by atoms with Crippen LogP contribution in [0.25, 0.3) is 0 Å². The van der Waals surface area contributed by atoms with Gasteiger partial charge in [0.15, 0.2) is 6.61 Å². The van der Waals surface area contributed by atoms with Crippen LogP contribution in [0.5, 0.6) is 0 Å². The number of nitro benzene ring substituents is 1. The summed E-state index contributed by atoms with van der Waals surface area (Å²) >= 11 is 1.37. The number of anilines is 1. The summed E-state index contributed by atoms with van der Waals surface area (Å²) in [4.78, 5) is 35.9. The maximum Gasteiger partial charge on any atom is 0.348 e. The van der Waals surface area contributed by atoms with Gasteiger partial charge in [0.05, 0.1) is 11.0 Å². The first kappa shape index (κ1) is 19.0. The summed E-state index contributed by atoms with van der Waals surface area (Å²) in [6, 6.07) is 4.59. The maximum atomic E-state index is 13.1. The highest BCUT2D eigenvalue weighted by Crippen LogP contribution is 2.32. The van der Waals surface area contributed by atoms with Crippen LogP contribution >= 0.6 is 11.3 Å². The van der Waals surface area contributed by atoms with E-state index in [1.54, 1.807) is 6.07 Å². The van der Waals surface area contributed by atoms with Gasteiger partial charge in [0.2, 0.25) is 0 Å². The molecule has 0 spiro atoms. The van der Waals surface area contributed by atoms with Crippen LogP contribution in [0.3, 0.4) is 0 Å². The standard InChI is InChI=1S/C18H17FN2O5S/c1-10-2-5-15-11(6-10)7-16(27-15)18(23)26-9-17(22)20-13-4-3-12(19)8-14(13)21(24)25/h3-4,7-8,10H,2,5-6,9H2,1H3,(H,20,22)/t10-/m1/s1. The Morgan fingerprint density at radius 2 is 2.19 bits per heavy atom. The van der Waals surface area contributed by atoms with E-state index in [-0.39, 0.29) is 5.69 Å². The van der Waals surface area contributed by atoms with Crippen molar-refractivity contribution < 1.29 is 23.6 Å². The summed E-state index contributed by atoms with van der Waals surface area (Å²) in [5, 5.41) is 13.2. The Morgan fingerprint density at radius 1 is 1.41 bits per heavy atom. The van der Waals surface area contributed by atoms with Crippen molar-refractivity contribution in [3.8, 4) is 0 Å². The predicted octanol–water partition coefficient (Wildman–Crippen LogP) is 3.72. The van der Waals surface area contributed by atoms with E-state index in [1.165, 1.54) is 16.2 Å². The lowest BCUT2D eigenvalue weighted by atomic mass is 9.90. The molecule has 2 aromatic rings. The zero-order chi connectivity index (χ0) is 19.6. The highest BCUT2D eigenvalue weighted by atomic mass is 32.1. The number of nitrogens with one attached hydrogen (secondary N) is 1. The molecule has 0 bridgehead atoms. The first-order valence-corrected chi connectivity index (χ1v) is 9.17. The molecule has 1 heterocycles. The van der Waals surface area contributed by atoms with Crippen LogP contribution in [0.1, 0.15) is 33.5 Å². The fourth-order valence-corrected chi connectivity index (χ4v) is 4.06. The number of benzene rings is 1. The van der Waals surface area contributed by atoms with Crippen molar-refractivity contribution in [2.75, 3.05) is 11.9 Å². The van der Waals surface area contributed by atoms with Crippen LogP contribution in [0, 0.1) is 21.8 Å². The number of aryl methyl sites for hydroxylation is 1. The molecule has 0 saturated carbocycles. The van der Waals surface area contributed by atoms with Crippen LogP contribution in [-0.4, -0.2) is 23.4 Å². The van der Waals surface area contributed by atoms with Crippen molar-refractivity contribution in [2.45, 2.75) is 26.2 Å². The third-order valence-electron chi connectivity index (χ3n) is 4.30. The van der Waals surface area contributed by atoms with Gasteiger partial charge >= 0.3 is 5.97 Å². The Balaban J connectivity index is 1.60. The normalized spacial score (nSPS) is 15.7. The third-order valence-corrected chi connectivity index (χ3v) is 5.51. The average Bonchev–Trinajstić information content (AvgIpc) is 3.04. The molecule has 27 heavy (non-hydrogen) atoms. The molecular weight excluding hydrogens is 375 g/mol. The summed E-state index contributed by atoms with van der Waals surface area (Å²) < 4.78 is 18.1. The van der Waals surface area contributed by atoms with Crippen molar-refractivity contribution in [1.29, 1.82) is 0 Å². The second-order valence-electron chi connectivity index (χ2n) is 6.45. The molecule has 1 aliphatic rings. The summed E-state index contributed by atoms with van der Waals surface area (Å²) in [5.41, 5.74) is 0.412. The number of carbonyl (C=O) groups is 2. The maximum absolute atomic E-state index is 13.1. The van der Waals surface area contributed by atoms with E-state index in [4.69, 9.17) is 4.74 Å². The molecule has 0 radical (unpaired) electrons. The Kier molecular flexibility index (Phi) is 5.50. The van der Waals surface area contributed by atoms with Crippen molar-refractivity contribution in [3.05, 3.63) is 55.5 Å². The molecular formula is C18H17FN2O5S. The summed E-state index contributed by atoms with van der Waals surface area (Å²) in [6.45, 7) is 1.57. The predicted molar refractivity (Wildman–Crippen MR) is 97.5 cm³/mol. The number of nitrogens with zero attached hydrogens (tertiary/aromatic N) is 1. The van der Waals surface area contributed by atoms with Crippen molar-refractivity contribution in [2.24, 2.45) is 5.92 Å². The minimum atomic E-state index is -0.804. The number of thiophene rings is 1. The van der Waals surface area contributed by atoms with Gasteiger partial charge in [-0.1, -0.05) is 6.92 Å². The second kappa shape index (κ2) is 7.83. The number of amides is 1. The Hall–Kier alpha value is -2.81. The molecule has 1 aromatic heterocycles. The Morgan fingerprint density at radius 3 is 2.93 bits per heavy atom. The smallest absolute Gasteiger partial charge is 0.348 e. The molecule has 142 valence electrons. The van der Waals surface area contributed by atoms with Gasteiger partial charge in [-0.3, -0.25) is 14.9 Å². The van der Waals surface area contributed by atoms with Crippen LogP contribution < -0.4 is 5.32 Å². The molecule has 0 unspecified atom stereocenters. The molecule has 1 amide bonds. The van der Waals surface area contributed by atoms with Crippen molar-refractivity contribution >= 4 is 34.6 Å². The molecule has 1 aliphatic carbocycles. The van der Waals surface area contributed by atoms with Crippen LogP contribution in [0.4, 0.5) is 15.8 Å². The highest BCUT2D eigenvalue weighted by molar-refractivity contribution is 7.14. The summed E-state index contributed by atoms with van der Waals surface area (Å²) in [6.07, 6.45) is 2.94. The van der Waals surface area contributed by atoms with Crippen LogP contribution in [0.15, 0.2) is 24.3 Å². The van der Waals surface area contributed by atoms with E-state index in [0.29, 0.717) is 16.9 Å². The fourth-order valence-electron chi connectivity index (χ4n) is 2.96. The largest absolute Gasteiger partial charge is 0.451 e. The molecule has 1 atom stereocenters. The summed E-state index contributed by atoms with van der Waals surface area (Å²) in [5.74, 6) is -1.56. The average molecular weight is 392 g/mol. The number of esters is 1. The van der Waals surface area contributed by atoms with Crippen molar-refractivity contribution in [3.63, 3.8) is 0 Å². The zero-order valence-corrected chi connectivity index (χ0v) is 15.3. The lowest BCUT2D eigenvalue weighted by Gasteiger charge is -2.16. The molecule has 0 fully saturated rings. The number of nitro groups is 1. The Bertz CT molecular complexity index is 911. The number of rotatable bonds is 5. The number of hydrogen-bond acceptors (Lipinski definition) is 6. The molecule has 0 aliphatic heterocycles. The summed E-state index contributed by atoms with van der Waals surface area (Å²) in [7, 11) is 0. The topological polar surface area (TPSA) is 98.5 Å². The van der Waals surface area contributed by atoms with Gasteiger partial charge in [-0.15, -0.1) is 11.3 Å². The molecule has 1 N–H and O–H groups in total. The molecule has 7 nitrogen and oxygen atoms in total. The van der Waals surface area contributed by atoms with Gasteiger partial charge in [0, 0.05) is 4.88 Å². The van der Waals surface area contributed by atoms with E-state index in [2.05, 4.69) is 12.2 Å². The first-order valence-electron chi connectivity index (χ1n) is 8.36. The van der Waals surface area contributed by atoms with E-state index >= 15 is 0 Å². The minimum absolute atomic E-state index is 0.164. The minimum Gasteiger partial charge on any atom is -0.451 e. The van der Waals surface area contributed by atoms with Crippen molar-refractivity contribution in [1.82, 2.24) is 0 Å². The molecule has 0 saturated heterocycles. The lowest BCUT2D eigenvalue weighted by Crippen LogP contribution is -2.21. The molecule has 1 aromatic carbocycles. The third kappa shape index (κ3) is 4.48. The van der Waals surface area contributed by atoms with E-state index in [1.807, 2.05) is 0 Å². The SMILES string of the molecule is C[C@@H]1CCc2sc(C(=O)OCC(=O)Nc3ccc(F)cc3[N+](=O)[O-])cc2C1. The number of fused-ring (bicyclic) bond motifs is 1. The van der Waals surface area contributed by atoms with Crippen LogP contribution in [0.2, 0.25) is 0 Å². The monoisotopic (exact) mass is 392 g/mol. The van der Waals surface area contributed by atoms with Gasteiger partial charge in [-0.25, -0.2) is 9.18 Å². The van der Waals surface area contributed by atoms with E-state index in [0.717, 1.165) is 37.0 Å². The van der Waals surface area contributed by atoms with Gasteiger partial charge in [0.1, 0.15) is 16.4 Å². The van der Waals surface area contributed by atoms with Gasteiger partial charge in [0.25, 0.3) is 11.6 Å². The van der Waals surface area contributed by atoms with Gasteiger partial charge < -0.3 is 10.1 Å².